The maximum absolute atomic E-state index is 10.6. The van der Waals surface area contributed by atoms with Crippen molar-refractivity contribution in [3.8, 4) is 0 Å². The molecule has 10 heavy (non-hydrogen) atoms. The number of ether oxygens (including phenoxy) is 1. The number of hydrogen-bond donors (Lipinski definition) is 1. The number of alkyl carbamates (subject to hydrolysis) is 1. The van der Waals surface area contributed by atoms with E-state index in [0.717, 1.165) is 5.92 Å². The zero-order valence-corrected chi connectivity index (χ0v) is 5.96. The summed E-state index contributed by atoms with van der Waals surface area (Å²) in [5.41, 5.74) is 0. The van der Waals surface area contributed by atoms with Crippen molar-refractivity contribution < 1.29 is 9.53 Å². The van der Waals surface area contributed by atoms with Crippen molar-refractivity contribution >= 4 is 6.09 Å². The van der Waals surface area contributed by atoms with Gasteiger partial charge in [0.1, 0.15) is 6.61 Å². The van der Waals surface area contributed by atoms with Crippen molar-refractivity contribution in [3.63, 3.8) is 0 Å². The molecule has 56 valence electrons. The predicted molar refractivity (Wildman–Crippen MR) is 35.5 cm³/mol. The van der Waals surface area contributed by atoms with E-state index in [9.17, 15) is 4.79 Å². The number of nitrogens with one attached hydrogen (secondary N) is 1. The van der Waals surface area contributed by atoms with E-state index in [-0.39, 0.29) is 6.09 Å². The molecule has 1 saturated heterocycles. The molecule has 0 bridgehead atoms. The first kappa shape index (κ1) is 6.01. The third-order valence-electron chi connectivity index (χ3n) is 2.39. The minimum Gasteiger partial charge on any atom is -0.447 e. The fraction of sp³-hybridized carbons (Fsp3) is 0.857. The van der Waals surface area contributed by atoms with Crippen molar-refractivity contribution in [2.75, 3.05) is 6.61 Å². The van der Waals surface area contributed by atoms with Gasteiger partial charge in [0.25, 0.3) is 0 Å². The molecule has 0 spiro atoms. The summed E-state index contributed by atoms with van der Waals surface area (Å²) in [6.07, 6.45) is 0.998. The van der Waals surface area contributed by atoms with Gasteiger partial charge in [0.2, 0.25) is 0 Å². The fourth-order valence-corrected chi connectivity index (χ4v) is 1.54. The van der Waals surface area contributed by atoms with Gasteiger partial charge in [0.15, 0.2) is 0 Å². The van der Waals surface area contributed by atoms with Crippen molar-refractivity contribution in [2.45, 2.75) is 19.4 Å². The van der Waals surface area contributed by atoms with E-state index < -0.39 is 0 Å². The van der Waals surface area contributed by atoms with Crippen LogP contribution in [0.4, 0.5) is 4.79 Å². The lowest BCUT2D eigenvalue weighted by Crippen LogP contribution is -2.28. The van der Waals surface area contributed by atoms with Gasteiger partial charge in [-0.3, -0.25) is 0 Å². The van der Waals surface area contributed by atoms with E-state index in [1.54, 1.807) is 0 Å². The number of cyclic esters (lactones) is 1. The molecule has 3 unspecified atom stereocenters. The van der Waals surface area contributed by atoms with Crippen LogP contribution in [0.25, 0.3) is 0 Å². The van der Waals surface area contributed by atoms with Crippen LogP contribution in [0.2, 0.25) is 0 Å². The highest BCUT2D eigenvalue weighted by molar-refractivity contribution is 5.69. The maximum Gasteiger partial charge on any atom is 0.407 e. The smallest absolute Gasteiger partial charge is 0.407 e. The van der Waals surface area contributed by atoms with E-state index in [0.29, 0.717) is 18.6 Å². The average molecular weight is 141 g/mol. The Labute approximate surface area is 59.7 Å². The fourth-order valence-electron chi connectivity index (χ4n) is 1.54. The summed E-state index contributed by atoms with van der Waals surface area (Å²) in [6.45, 7) is 2.78. The Balaban J connectivity index is 1.90. The molecular weight excluding hydrogens is 130 g/mol. The van der Waals surface area contributed by atoms with Crippen LogP contribution in [0.1, 0.15) is 13.3 Å². The van der Waals surface area contributed by atoms with Gasteiger partial charge in [-0.2, -0.15) is 0 Å². The van der Waals surface area contributed by atoms with Crippen molar-refractivity contribution in [1.29, 1.82) is 0 Å². The molecule has 0 radical (unpaired) electrons. The Hall–Kier alpha value is -0.730. The van der Waals surface area contributed by atoms with Crippen LogP contribution in [-0.4, -0.2) is 18.7 Å². The van der Waals surface area contributed by atoms with E-state index in [1.165, 1.54) is 6.42 Å². The third-order valence-corrected chi connectivity index (χ3v) is 2.39. The molecule has 1 saturated carbocycles. The highest BCUT2D eigenvalue weighted by atomic mass is 16.6. The van der Waals surface area contributed by atoms with E-state index in [2.05, 4.69) is 12.2 Å². The predicted octanol–water partition coefficient (Wildman–Crippen LogP) is 0.751. The Kier molecular flexibility index (Phi) is 1.13. The van der Waals surface area contributed by atoms with Gasteiger partial charge >= 0.3 is 6.09 Å². The second kappa shape index (κ2) is 1.87. The summed E-state index contributed by atoms with van der Waals surface area (Å²) in [5, 5.41) is 2.79. The molecule has 0 aromatic carbocycles. The van der Waals surface area contributed by atoms with Crippen molar-refractivity contribution in [2.24, 2.45) is 11.8 Å². The highest BCUT2D eigenvalue weighted by Crippen LogP contribution is 2.41. The molecule has 3 atom stereocenters. The number of rotatable bonds is 1. The monoisotopic (exact) mass is 141 g/mol. The first-order chi connectivity index (χ1) is 4.77. The number of amides is 1. The third kappa shape index (κ3) is 0.856. The van der Waals surface area contributed by atoms with Gasteiger partial charge in [0, 0.05) is 0 Å². The van der Waals surface area contributed by atoms with Gasteiger partial charge in [0.05, 0.1) is 6.04 Å². The molecule has 3 heteroatoms. The molecule has 1 aliphatic carbocycles. The zero-order chi connectivity index (χ0) is 7.14. The number of carbonyl (C=O) groups is 1. The van der Waals surface area contributed by atoms with E-state index >= 15 is 0 Å². The SMILES string of the molecule is CC1CC1C1COC(=O)N1. The molecule has 1 amide bonds. The van der Waals surface area contributed by atoms with E-state index in [4.69, 9.17) is 4.74 Å². The highest BCUT2D eigenvalue weighted by Gasteiger charge is 2.43. The van der Waals surface area contributed by atoms with Crippen LogP contribution < -0.4 is 5.32 Å². The molecule has 2 aliphatic rings. The van der Waals surface area contributed by atoms with Crippen LogP contribution in [0.3, 0.4) is 0 Å². The molecule has 0 aromatic rings. The standard InChI is InChI=1S/C7H11NO2/c1-4-2-5(4)6-3-10-7(9)8-6/h4-6H,2-3H2,1H3,(H,8,9). The van der Waals surface area contributed by atoms with Gasteiger partial charge in [-0.1, -0.05) is 6.92 Å². The summed E-state index contributed by atoms with van der Waals surface area (Å²) < 4.78 is 4.77. The Morgan fingerprint density at radius 3 is 2.80 bits per heavy atom. The number of hydrogen-bond acceptors (Lipinski definition) is 2. The van der Waals surface area contributed by atoms with Gasteiger partial charge in [-0.25, -0.2) is 4.79 Å². The molecule has 1 N–H and O–H groups in total. The normalized spacial score (nSPS) is 44.5. The molecule has 2 rings (SSSR count). The Morgan fingerprint density at radius 2 is 2.40 bits per heavy atom. The minimum atomic E-state index is -0.246. The lowest BCUT2D eigenvalue weighted by Gasteiger charge is -2.02. The second-order valence-electron chi connectivity index (χ2n) is 3.23. The molecular formula is C7H11NO2. The lowest BCUT2D eigenvalue weighted by atomic mass is 10.2. The van der Waals surface area contributed by atoms with Gasteiger partial charge < -0.3 is 10.1 Å². The molecule has 3 nitrogen and oxygen atoms in total. The second-order valence-corrected chi connectivity index (χ2v) is 3.23. The van der Waals surface area contributed by atoms with Crippen molar-refractivity contribution in [1.82, 2.24) is 5.32 Å². The van der Waals surface area contributed by atoms with Gasteiger partial charge in [-0.15, -0.1) is 0 Å². The van der Waals surface area contributed by atoms with Crippen LogP contribution in [0.15, 0.2) is 0 Å². The summed E-state index contributed by atoms with van der Waals surface area (Å²) in [4.78, 5) is 10.6. The lowest BCUT2D eigenvalue weighted by molar-refractivity contribution is 0.176. The van der Waals surface area contributed by atoms with E-state index in [1.807, 2.05) is 0 Å². The summed E-state index contributed by atoms with van der Waals surface area (Å²) in [7, 11) is 0. The summed E-state index contributed by atoms with van der Waals surface area (Å²) in [5.74, 6) is 1.47. The first-order valence-electron chi connectivity index (χ1n) is 3.70. The topological polar surface area (TPSA) is 38.3 Å². The molecule has 1 aliphatic heterocycles. The Bertz CT molecular complexity index is 169. The quantitative estimate of drug-likeness (QED) is 0.585. The van der Waals surface area contributed by atoms with Crippen LogP contribution in [0.5, 0.6) is 0 Å². The van der Waals surface area contributed by atoms with Crippen LogP contribution >= 0.6 is 0 Å². The zero-order valence-electron chi connectivity index (χ0n) is 5.96. The molecule has 2 fully saturated rings. The molecule has 1 heterocycles. The summed E-state index contributed by atoms with van der Waals surface area (Å²) in [6, 6.07) is 0.308. The number of carbonyl (C=O) groups excluding carboxylic acids is 1. The largest absolute Gasteiger partial charge is 0.447 e. The maximum atomic E-state index is 10.6. The first-order valence-corrected chi connectivity index (χ1v) is 3.70. The molecule has 0 aromatic heterocycles. The van der Waals surface area contributed by atoms with Crippen molar-refractivity contribution in [3.05, 3.63) is 0 Å². The van der Waals surface area contributed by atoms with Crippen LogP contribution in [-0.2, 0) is 4.74 Å². The minimum absolute atomic E-state index is 0.246. The van der Waals surface area contributed by atoms with Crippen LogP contribution in [0, 0.1) is 11.8 Å². The summed E-state index contributed by atoms with van der Waals surface area (Å²) >= 11 is 0. The average Bonchev–Trinajstić information content (AvgIpc) is 2.42. The van der Waals surface area contributed by atoms with Gasteiger partial charge in [-0.05, 0) is 18.3 Å². The Morgan fingerprint density at radius 1 is 1.70 bits per heavy atom.